The lowest BCUT2D eigenvalue weighted by molar-refractivity contribution is -0.146. The van der Waals surface area contributed by atoms with Crippen molar-refractivity contribution in [2.24, 2.45) is 0 Å². The van der Waals surface area contributed by atoms with Crippen molar-refractivity contribution in [1.82, 2.24) is 19.7 Å². The van der Waals surface area contributed by atoms with Gasteiger partial charge >= 0.3 is 5.97 Å². The predicted octanol–water partition coefficient (Wildman–Crippen LogP) is 4.45. The van der Waals surface area contributed by atoms with Crippen LogP contribution in [0.3, 0.4) is 0 Å². The highest BCUT2D eigenvalue weighted by molar-refractivity contribution is 7.92. The van der Waals surface area contributed by atoms with Gasteiger partial charge in [-0.1, -0.05) is 35.3 Å². The van der Waals surface area contributed by atoms with Crippen molar-refractivity contribution in [2.75, 3.05) is 17.1 Å². The minimum Gasteiger partial charge on any atom is -0.464 e. The average molecular weight is 553 g/mol. The van der Waals surface area contributed by atoms with E-state index in [9.17, 15) is 13.2 Å². The number of nitrogen functional groups attached to an aromatic ring is 1. The molecule has 0 saturated heterocycles. The summed E-state index contributed by atoms with van der Waals surface area (Å²) in [7, 11) is -4.25. The lowest BCUT2D eigenvalue weighted by atomic mass is 10.1. The van der Waals surface area contributed by atoms with Crippen LogP contribution in [0.2, 0.25) is 10.0 Å². The molecule has 1 atom stereocenters. The summed E-state index contributed by atoms with van der Waals surface area (Å²) in [6, 6.07) is 6.97. The third-order valence-electron chi connectivity index (χ3n) is 5.21. The van der Waals surface area contributed by atoms with E-state index in [4.69, 9.17) is 33.7 Å². The first-order chi connectivity index (χ1) is 17.0. The predicted molar refractivity (Wildman–Crippen MR) is 134 cm³/mol. The Morgan fingerprint density at radius 2 is 2.00 bits per heavy atom. The summed E-state index contributed by atoms with van der Waals surface area (Å²) in [6.07, 6.45) is 1.22. The van der Waals surface area contributed by atoms with Crippen molar-refractivity contribution in [3.05, 3.63) is 58.6 Å². The number of esters is 1. The van der Waals surface area contributed by atoms with E-state index in [1.807, 2.05) is 0 Å². The van der Waals surface area contributed by atoms with Crippen LogP contribution < -0.4 is 10.5 Å². The number of hydrogen-bond acceptors (Lipinski definition) is 8. The molecular weight excluding hydrogens is 534 g/mol. The highest BCUT2D eigenvalue weighted by atomic mass is 35.5. The molecule has 3 N–H and O–H groups in total. The maximum Gasteiger partial charge on any atom is 0.330 e. The summed E-state index contributed by atoms with van der Waals surface area (Å²) in [5.74, 6) is -1.37. The van der Waals surface area contributed by atoms with Crippen molar-refractivity contribution in [3.8, 4) is 11.3 Å². The molecule has 0 spiro atoms. The Balaban J connectivity index is 1.76. The second-order valence-electron chi connectivity index (χ2n) is 7.53. The zero-order valence-corrected chi connectivity index (χ0v) is 21.2. The Hall–Kier alpha value is -3.48. The number of aromatic nitrogens is 4. The molecule has 188 valence electrons. The fourth-order valence-corrected chi connectivity index (χ4v) is 5.30. The van der Waals surface area contributed by atoms with Crippen LogP contribution in [0.5, 0.6) is 0 Å². The van der Waals surface area contributed by atoms with Gasteiger partial charge in [-0.3, -0.25) is 4.72 Å². The Bertz CT molecular complexity index is 1600. The summed E-state index contributed by atoms with van der Waals surface area (Å²) >= 11 is 11.9. The van der Waals surface area contributed by atoms with Crippen molar-refractivity contribution in [1.29, 1.82) is 0 Å². The molecule has 0 aliphatic rings. The number of sulfonamides is 1. The average Bonchev–Trinajstić information content (AvgIpc) is 3.22. The molecule has 2 heterocycles. The van der Waals surface area contributed by atoms with Gasteiger partial charge in [0.2, 0.25) is 0 Å². The molecule has 0 saturated carbocycles. The van der Waals surface area contributed by atoms with Crippen LogP contribution in [0, 0.1) is 5.82 Å². The van der Waals surface area contributed by atoms with Gasteiger partial charge in [0, 0.05) is 5.56 Å². The largest absolute Gasteiger partial charge is 0.464 e. The Labute approximate surface area is 215 Å². The molecule has 10 nitrogen and oxygen atoms in total. The van der Waals surface area contributed by atoms with E-state index in [1.54, 1.807) is 13.8 Å². The molecule has 36 heavy (non-hydrogen) atoms. The number of ether oxygens (including phenoxy) is 1. The van der Waals surface area contributed by atoms with Gasteiger partial charge in [0.1, 0.15) is 34.6 Å². The molecule has 0 amide bonds. The molecular formula is C22H19Cl2FN6O4S. The maximum atomic E-state index is 15.1. The van der Waals surface area contributed by atoms with Gasteiger partial charge < -0.3 is 10.5 Å². The lowest BCUT2D eigenvalue weighted by Crippen LogP contribution is -2.20. The zero-order valence-electron chi connectivity index (χ0n) is 18.9. The molecule has 0 bridgehead atoms. The second kappa shape index (κ2) is 9.88. The fourth-order valence-electron chi connectivity index (χ4n) is 3.47. The Morgan fingerprint density at radius 1 is 1.25 bits per heavy atom. The van der Waals surface area contributed by atoms with Crippen LogP contribution in [0.4, 0.5) is 15.9 Å². The van der Waals surface area contributed by atoms with E-state index in [2.05, 4.69) is 19.8 Å². The standard InChI is InChI=1S/C22H19Cl2FN6O4S/c1-3-35-22(32)11(2)31-21-17(20(26)27-10-28-21)19(29-31)12-7-8-15(14(25)9-12)30-36(33,34)16-6-4-5-13(23)18(16)24/h4-11,30H,3H2,1-2H3,(H2,26,27,28). The van der Waals surface area contributed by atoms with E-state index in [1.165, 1.54) is 41.3 Å². The van der Waals surface area contributed by atoms with Crippen LogP contribution in [0.15, 0.2) is 47.6 Å². The third-order valence-corrected chi connectivity index (χ3v) is 7.54. The Morgan fingerprint density at radius 3 is 2.69 bits per heavy atom. The number of nitrogens with one attached hydrogen (secondary N) is 1. The molecule has 2 aromatic carbocycles. The minimum atomic E-state index is -4.25. The SMILES string of the molecule is CCOC(=O)C(C)n1nc(-c2ccc(NS(=O)(=O)c3cccc(Cl)c3Cl)c(F)c2)c2c(N)ncnc21. The van der Waals surface area contributed by atoms with Gasteiger partial charge in [-0.2, -0.15) is 5.10 Å². The molecule has 1 unspecified atom stereocenters. The summed E-state index contributed by atoms with van der Waals surface area (Å²) < 4.78 is 49.2. The highest BCUT2D eigenvalue weighted by Gasteiger charge is 2.26. The number of fused-ring (bicyclic) bond motifs is 1. The van der Waals surface area contributed by atoms with Gasteiger partial charge in [-0.15, -0.1) is 0 Å². The maximum absolute atomic E-state index is 15.1. The monoisotopic (exact) mass is 552 g/mol. The van der Waals surface area contributed by atoms with Gasteiger partial charge in [0.25, 0.3) is 10.0 Å². The van der Waals surface area contributed by atoms with Gasteiger partial charge in [-0.05, 0) is 38.1 Å². The minimum absolute atomic E-state index is 0.0367. The summed E-state index contributed by atoms with van der Waals surface area (Å²) in [4.78, 5) is 20.2. The normalized spacial score (nSPS) is 12.5. The molecule has 0 aliphatic carbocycles. The molecule has 14 heteroatoms. The summed E-state index contributed by atoms with van der Waals surface area (Å²) in [6.45, 7) is 3.43. The first-order valence-corrected chi connectivity index (χ1v) is 12.7. The van der Waals surface area contributed by atoms with Crippen molar-refractivity contribution in [3.63, 3.8) is 0 Å². The summed E-state index contributed by atoms with van der Waals surface area (Å²) in [5, 5.41) is 4.58. The van der Waals surface area contributed by atoms with Gasteiger partial charge in [0.05, 0.1) is 27.7 Å². The van der Waals surface area contributed by atoms with Crippen molar-refractivity contribution in [2.45, 2.75) is 24.8 Å². The molecule has 2 aromatic heterocycles. The van der Waals surface area contributed by atoms with Crippen molar-refractivity contribution >= 4 is 61.7 Å². The Kier molecular flexibility index (Phi) is 7.03. The smallest absolute Gasteiger partial charge is 0.330 e. The quantitative estimate of drug-likeness (QED) is 0.320. The number of nitrogens with zero attached hydrogens (tertiary/aromatic N) is 4. The number of benzene rings is 2. The highest BCUT2D eigenvalue weighted by Crippen LogP contribution is 2.35. The van der Waals surface area contributed by atoms with E-state index >= 15 is 4.39 Å². The third kappa shape index (κ3) is 4.66. The first kappa shape index (κ1) is 25.6. The number of nitrogens with two attached hydrogens (primary N) is 1. The topological polar surface area (TPSA) is 142 Å². The van der Waals surface area contributed by atoms with Crippen LogP contribution in [0.25, 0.3) is 22.3 Å². The number of rotatable bonds is 7. The molecule has 0 aliphatic heterocycles. The molecule has 4 rings (SSSR count). The van der Waals surface area contributed by atoms with Crippen LogP contribution in [0.1, 0.15) is 19.9 Å². The van der Waals surface area contributed by atoms with Gasteiger partial charge in [0.15, 0.2) is 5.65 Å². The number of carbonyl (C=O) groups excluding carboxylic acids is 1. The van der Waals surface area contributed by atoms with Crippen LogP contribution in [-0.4, -0.2) is 40.7 Å². The van der Waals surface area contributed by atoms with Crippen LogP contribution >= 0.6 is 23.2 Å². The van der Waals surface area contributed by atoms with E-state index in [-0.39, 0.29) is 50.0 Å². The van der Waals surface area contributed by atoms with E-state index in [0.717, 1.165) is 6.07 Å². The first-order valence-electron chi connectivity index (χ1n) is 10.5. The number of anilines is 2. The molecule has 4 aromatic rings. The fraction of sp³-hybridized carbons (Fsp3) is 0.182. The van der Waals surface area contributed by atoms with Gasteiger partial charge in [-0.25, -0.2) is 32.3 Å². The lowest BCUT2D eigenvalue weighted by Gasteiger charge is -2.12. The number of halogens is 3. The number of hydrogen-bond donors (Lipinski definition) is 2. The zero-order chi connectivity index (χ0) is 26.2. The van der Waals surface area contributed by atoms with E-state index < -0.39 is 27.9 Å². The van der Waals surface area contributed by atoms with Crippen molar-refractivity contribution < 1.29 is 22.3 Å². The van der Waals surface area contributed by atoms with Crippen LogP contribution in [-0.2, 0) is 19.6 Å². The molecule has 0 radical (unpaired) electrons. The second-order valence-corrected chi connectivity index (χ2v) is 9.97. The van der Waals surface area contributed by atoms with E-state index in [0.29, 0.717) is 5.39 Å². The molecule has 0 fully saturated rings. The summed E-state index contributed by atoms with van der Waals surface area (Å²) in [5.41, 5.74) is 6.42. The number of carbonyl (C=O) groups is 1.